The van der Waals surface area contributed by atoms with Crippen molar-refractivity contribution in [1.29, 1.82) is 0 Å². The fraction of sp³-hybridized carbons (Fsp3) is 0.714. The molecule has 0 aromatic carbocycles. The van der Waals surface area contributed by atoms with Crippen molar-refractivity contribution in [3.63, 3.8) is 0 Å². The maximum atomic E-state index is 11.9. The normalized spacial score (nSPS) is 24.2. The highest BCUT2D eigenvalue weighted by Crippen LogP contribution is 2.04. The molecule has 0 aromatic heterocycles. The van der Waals surface area contributed by atoms with E-state index < -0.39 is 12.7 Å². The predicted molar refractivity (Wildman–Crippen MR) is 40.2 cm³/mol. The Hall–Kier alpha value is -1.13. The highest BCUT2D eigenvalue weighted by molar-refractivity contribution is 5.94. The minimum atomic E-state index is -0.608. The second-order valence-corrected chi connectivity index (χ2v) is 2.67. The monoisotopic (exact) mass is 174 g/mol. The van der Waals surface area contributed by atoms with Gasteiger partial charge < -0.3 is 10.2 Å². The molecule has 1 rings (SSSR count). The van der Waals surface area contributed by atoms with E-state index in [0.717, 1.165) is 0 Å². The van der Waals surface area contributed by atoms with E-state index in [2.05, 4.69) is 5.32 Å². The van der Waals surface area contributed by atoms with Gasteiger partial charge >= 0.3 is 0 Å². The number of carbonyl (C=O) groups excluding carboxylic acids is 2. The molecule has 1 aliphatic heterocycles. The van der Waals surface area contributed by atoms with E-state index >= 15 is 0 Å². The van der Waals surface area contributed by atoms with E-state index in [1.165, 1.54) is 4.90 Å². The number of hydrogen-bond donors (Lipinski definition) is 1. The average molecular weight is 174 g/mol. The number of nitrogens with zero attached hydrogens (tertiary/aromatic N) is 1. The third-order valence-corrected chi connectivity index (χ3v) is 1.91. The van der Waals surface area contributed by atoms with Gasteiger partial charge in [-0.15, -0.1) is 0 Å². The molecule has 5 heteroatoms. The second kappa shape index (κ2) is 3.51. The molecule has 1 fully saturated rings. The van der Waals surface area contributed by atoms with Crippen molar-refractivity contribution in [2.45, 2.75) is 13.0 Å². The van der Waals surface area contributed by atoms with Crippen LogP contribution in [0.4, 0.5) is 4.39 Å². The molecule has 1 unspecified atom stereocenters. The minimum absolute atomic E-state index is 0.00736. The summed E-state index contributed by atoms with van der Waals surface area (Å²) in [5, 5.41) is 2.42. The fourth-order valence-electron chi connectivity index (χ4n) is 1.18. The predicted octanol–water partition coefficient (Wildman–Crippen LogP) is -0.697. The van der Waals surface area contributed by atoms with Crippen molar-refractivity contribution in [2.24, 2.45) is 0 Å². The summed E-state index contributed by atoms with van der Waals surface area (Å²) in [7, 11) is 0. The van der Waals surface area contributed by atoms with Crippen LogP contribution in [0.15, 0.2) is 0 Å². The van der Waals surface area contributed by atoms with Crippen LogP contribution in [-0.4, -0.2) is 42.5 Å². The number of hydrogen-bond acceptors (Lipinski definition) is 2. The van der Waals surface area contributed by atoms with Gasteiger partial charge in [0.05, 0.1) is 6.54 Å². The Bertz CT molecular complexity index is 208. The second-order valence-electron chi connectivity index (χ2n) is 2.67. The molecule has 1 heterocycles. The van der Waals surface area contributed by atoms with E-state index in [-0.39, 0.29) is 24.9 Å². The van der Waals surface area contributed by atoms with E-state index in [0.29, 0.717) is 0 Å². The van der Waals surface area contributed by atoms with Gasteiger partial charge in [-0.25, -0.2) is 4.39 Å². The molecular formula is C7H11FN2O2. The number of rotatable bonds is 2. The molecule has 0 bridgehead atoms. The number of nitrogens with one attached hydrogen (secondary N) is 1. The summed E-state index contributed by atoms with van der Waals surface area (Å²) in [5.74, 6) is -0.442. The van der Waals surface area contributed by atoms with Crippen molar-refractivity contribution in [3.05, 3.63) is 0 Å². The van der Waals surface area contributed by atoms with Crippen molar-refractivity contribution >= 4 is 11.8 Å². The molecule has 1 aliphatic rings. The summed E-state index contributed by atoms with van der Waals surface area (Å²) in [6, 6.07) is -0.540. The van der Waals surface area contributed by atoms with Crippen LogP contribution in [0.3, 0.4) is 0 Å². The van der Waals surface area contributed by atoms with Crippen LogP contribution in [0.5, 0.6) is 0 Å². The van der Waals surface area contributed by atoms with Crippen LogP contribution in [-0.2, 0) is 9.59 Å². The molecule has 68 valence electrons. The van der Waals surface area contributed by atoms with Crippen LogP contribution in [0.2, 0.25) is 0 Å². The Morgan fingerprint density at radius 1 is 1.67 bits per heavy atom. The summed E-state index contributed by atoms with van der Waals surface area (Å²) in [6.07, 6.45) is 0. The topological polar surface area (TPSA) is 49.4 Å². The Labute approximate surface area is 69.7 Å². The maximum absolute atomic E-state index is 11.9. The zero-order chi connectivity index (χ0) is 9.14. The Morgan fingerprint density at radius 2 is 2.33 bits per heavy atom. The zero-order valence-electron chi connectivity index (χ0n) is 6.84. The molecule has 1 saturated heterocycles. The first kappa shape index (κ1) is 8.96. The molecule has 0 aliphatic carbocycles. The number of carbonyl (C=O) groups is 2. The number of halogens is 1. The highest BCUT2D eigenvalue weighted by atomic mass is 19.1. The molecule has 0 spiro atoms. The molecule has 4 nitrogen and oxygen atoms in total. The summed E-state index contributed by atoms with van der Waals surface area (Å²) in [6.45, 7) is 0.974. The summed E-state index contributed by atoms with van der Waals surface area (Å²) < 4.78 is 11.9. The van der Waals surface area contributed by atoms with E-state index in [4.69, 9.17) is 0 Å². The van der Waals surface area contributed by atoms with Gasteiger partial charge in [-0.1, -0.05) is 0 Å². The molecule has 0 radical (unpaired) electrons. The third kappa shape index (κ3) is 1.54. The molecule has 1 N–H and O–H groups in total. The smallest absolute Gasteiger partial charge is 0.242 e. The molecule has 2 amide bonds. The Kier molecular flexibility index (Phi) is 2.62. The fourth-order valence-corrected chi connectivity index (χ4v) is 1.18. The van der Waals surface area contributed by atoms with Gasteiger partial charge in [0, 0.05) is 6.54 Å². The van der Waals surface area contributed by atoms with Gasteiger partial charge in [-0.2, -0.15) is 0 Å². The van der Waals surface area contributed by atoms with Gasteiger partial charge in [0.2, 0.25) is 11.8 Å². The van der Waals surface area contributed by atoms with Gasteiger partial charge in [-0.3, -0.25) is 9.59 Å². The third-order valence-electron chi connectivity index (χ3n) is 1.91. The molecule has 0 saturated carbocycles. The summed E-state index contributed by atoms with van der Waals surface area (Å²) in [5.41, 5.74) is 0. The summed E-state index contributed by atoms with van der Waals surface area (Å²) >= 11 is 0. The van der Waals surface area contributed by atoms with Crippen LogP contribution < -0.4 is 5.32 Å². The van der Waals surface area contributed by atoms with Crippen LogP contribution in [0.1, 0.15) is 6.92 Å². The van der Waals surface area contributed by atoms with Crippen molar-refractivity contribution < 1.29 is 14.0 Å². The lowest BCUT2D eigenvalue weighted by Gasteiger charge is -2.31. The molecular weight excluding hydrogens is 163 g/mol. The van der Waals surface area contributed by atoms with Crippen LogP contribution in [0, 0.1) is 0 Å². The van der Waals surface area contributed by atoms with Gasteiger partial charge in [0.25, 0.3) is 0 Å². The van der Waals surface area contributed by atoms with Crippen LogP contribution in [0.25, 0.3) is 0 Å². The largest absolute Gasteiger partial charge is 0.345 e. The van der Waals surface area contributed by atoms with Crippen molar-refractivity contribution in [1.82, 2.24) is 10.2 Å². The molecule has 12 heavy (non-hydrogen) atoms. The first-order valence-electron chi connectivity index (χ1n) is 3.80. The van der Waals surface area contributed by atoms with Gasteiger partial charge in [-0.05, 0) is 6.92 Å². The lowest BCUT2D eigenvalue weighted by atomic mass is 10.2. The first-order chi connectivity index (χ1) is 5.66. The van der Waals surface area contributed by atoms with E-state index in [1.807, 2.05) is 0 Å². The molecule has 0 aromatic rings. The zero-order valence-corrected chi connectivity index (χ0v) is 6.84. The quantitative estimate of drug-likeness (QED) is 0.602. The molecule has 1 atom stereocenters. The lowest BCUT2D eigenvalue weighted by Crippen LogP contribution is -2.57. The first-order valence-corrected chi connectivity index (χ1v) is 3.80. The highest BCUT2D eigenvalue weighted by Gasteiger charge is 2.30. The van der Waals surface area contributed by atoms with Gasteiger partial charge in [0.1, 0.15) is 12.7 Å². The number of alkyl halides is 1. The average Bonchev–Trinajstić information content (AvgIpc) is 2.06. The van der Waals surface area contributed by atoms with Gasteiger partial charge in [0.15, 0.2) is 0 Å². The minimum Gasteiger partial charge on any atom is -0.345 e. The maximum Gasteiger partial charge on any atom is 0.242 e. The van der Waals surface area contributed by atoms with Crippen molar-refractivity contribution in [3.8, 4) is 0 Å². The summed E-state index contributed by atoms with van der Waals surface area (Å²) in [4.78, 5) is 23.3. The Morgan fingerprint density at radius 3 is 2.92 bits per heavy atom. The van der Waals surface area contributed by atoms with Crippen molar-refractivity contribution in [2.75, 3.05) is 19.8 Å². The lowest BCUT2D eigenvalue weighted by molar-refractivity contribution is -0.144. The van der Waals surface area contributed by atoms with Crippen LogP contribution >= 0.6 is 0 Å². The SMILES string of the molecule is CC1C(=O)NCC(=O)N1CCF. The standard InChI is InChI=1S/C7H11FN2O2/c1-5-7(12)9-4-6(11)10(5)3-2-8/h5H,2-4H2,1H3,(H,9,12). The number of piperazine rings is 1. The van der Waals surface area contributed by atoms with E-state index in [1.54, 1.807) is 6.92 Å². The number of amides is 2. The van der Waals surface area contributed by atoms with E-state index in [9.17, 15) is 14.0 Å². The Balaban J connectivity index is 2.65.